The van der Waals surface area contributed by atoms with Crippen molar-refractivity contribution in [3.8, 4) is 22.9 Å². The first-order valence-corrected chi connectivity index (χ1v) is 11.6. The van der Waals surface area contributed by atoms with Gasteiger partial charge in [0.05, 0.1) is 17.7 Å². The van der Waals surface area contributed by atoms with Gasteiger partial charge >= 0.3 is 0 Å². The number of carbonyl (C=O) groups is 2. The van der Waals surface area contributed by atoms with Gasteiger partial charge in [0, 0.05) is 50.0 Å². The zero-order valence-corrected chi connectivity index (χ0v) is 21.4. The lowest BCUT2D eigenvalue weighted by Crippen LogP contribution is -2.36. The summed E-state index contributed by atoms with van der Waals surface area (Å²) >= 11 is 6.61. The van der Waals surface area contributed by atoms with Gasteiger partial charge in [-0.15, -0.1) is 0 Å². The molecule has 2 aromatic rings. The molecule has 1 fully saturated rings. The van der Waals surface area contributed by atoms with E-state index in [1.807, 2.05) is 45.3 Å². The van der Waals surface area contributed by atoms with E-state index in [9.17, 15) is 0 Å². The standard InChI is InChI=1S/C20H28ClN3O2.2C2H4O2/c1-5-25-18-11-16(17(21)12-19(18)26-13(2)3)20-23-8-9-24(20)15-6-7-22-14(4)10-15;2*1-2(3)4/h8-9,11-15,22H,5-7,10H2,1-4H3;2*1H3,(H,3,4)/t14-,15+;;/m0../s1. The molecule has 2 heterocycles. The Labute approximate surface area is 206 Å². The van der Waals surface area contributed by atoms with Gasteiger partial charge in [-0.3, -0.25) is 9.59 Å². The van der Waals surface area contributed by atoms with Crippen LogP contribution in [-0.4, -0.2) is 57.0 Å². The topological polar surface area (TPSA) is 123 Å². The minimum Gasteiger partial charge on any atom is -0.490 e. The summed E-state index contributed by atoms with van der Waals surface area (Å²) in [7, 11) is 0. The number of aromatic nitrogens is 2. The predicted octanol–water partition coefficient (Wildman–Crippen LogP) is 4.88. The van der Waals surface area contributed by atoms with Gasteiger partial charge in [0.15, 0.2) is 11.5 Å². The molecule has 0 saturated carbocycles. The third-order valence-corrected chi connectivity index (χ3v) is 4.91. The van der Waals surface area contributed by atoms with Crippen LogP contribution >= 0.6 is 11.6 Å². The zero-order chi connectivity index (χ0) is 25.8. The third-order valence-electron chi connectivity index (χ3n) is 4.59. The second-order valence-electron chi connectivity index (χ2n) is 8.11. The van der Waals surface area contributed by atoms with Gasteiger partial charge in [-0.2, -0.15) is 0 Å². The molecule has 3 rings (SSSR count). The van der Waals surface area contributed by atoms with Crippen molar-refractivity contribution in [1.29, 1.82) is 0 Å². The molecule has 0 spiro atoms. The van der Waals surface area contributed by atoms with E-state index < -0.39 is 11.9 Å². The van der Waals surface area contributed by atoms with Crippen molar-refractivity contribution in [3.63, 3.8) is 0 Å². The normalized spacial score (nSPS) is 17.1. The average Bonchev–Trinajstić information content (AvgIpc) is 3.18. The molecule has 1 aromatic carbocycles. The molecule has 9 nitrogen and oxygen atoms in total. The molecule has 1 aliphatic heterocycles. The second-order valence-corrected chi connectivity index (χ2v) is 8.52. The van der Waals surface area contributed by atoms with Gasteiger partial charge in [-0.25, -0.2) is 4.98 Å². The summed E-state index contributed by atoms with van der Waals surface area (Å²) in [4.78, 5) is 22.6. The molecule has 34 heavy (non-hydrogen) atoms. The molecule has 0 aliphatic carbocycles. The largest absolute Gasteiger partial charge is 0.490 e. The number of rotatable bonds is 6. The fraction of sp³-hybridized carbons (Fsp3) is 0.542. The molecule has 1 aromatic heterocycles. The number of hydrogen-bond donors (Lipinski definition) is 3. The molecule has 10 heteroatoms. The summed E-state index contributed by atoms with van der Waals surface area (Å²) in [6, 6.07) is 4.71. The summed E-state index contributed by atoms with van der Waals surface area (Å²) < 4.78 is 13.9. The van der Waals surface area contributed by atoms with E-state index in [-0.39, 0.29) is 6.10 Å². The van der Waals surface area contributed by atoms with Crippen molar-refractivity contribution >= 4 is 23.5 Å². The van der Waals surface area contributed by atoms with Crippen LogP contribution in [0.2, 0.25) is 5.02 Å². The summed E-state index contributed by atoms with van der Waals surface area (Å²) in [6.45, 7) is 11.9. The maximum atomic E-state index is 9.00. The number of carboxylic acids is 2. The Kier molecular flexibility index (Phi) is 12.5. The first kappa shape index (κ1) is 29.3. The minimum absolute atomic E-state index is 0.0503. The van der Waals surface area contributed by atoms with Crippen LogP contribution < -0.4 is 14.8 Å². The van der Waals surface area contributed by atoms with E-state index in [1.165, 1.54) is 0 Å². The smallest absolute Gasteiger partial charge is 0.300 e. The van der Waals surface area contributed by atoms with Gasteiger partial charge < -0.3 is 29.6 Å². The first-order valence-electron chi connectivity index (χ1n) is 11.2. The molecular formula is C24H36ClN3O6. The number of hydrogen-bond acceptors (Lipinski definition) is 6. The minimum atomic E-state index is -0.833. The number of carboxylic acid groups (broad SMARTS) is 2. The Bertz CT molecular complexity index is 911. The van der Waals surface area contributed by atoms with Crippen LogP contribution in [0.3, 0.4) is 0 Å². The highest BCUT2D eigenvalue weighted by atomic mass is 35.5. The van der Waals surface area contributed by atoms with Gasteiger partial charge in [-0.05, 0) is 53.1 Å². The number of piperidine rings is 1. The number of aliphatic carboxylic acids is 2. The second kappa shape index (κ2) is 14.5. The molecule has 0 amide bonds. The highest BCUT2D eigenvalue weighted by Gasteiger charge is 2.24. The number of ether oxygens (including phenoxy) is 2. The number of benzene rings is 1. The number of halogens is 1. The van der Waals surface area contributed by atoms with Gasteiger partial charge in [0.25, 0.3) is 11.9 Å². The van der Waals surface area contributed by atoms with Crippen molar-refractivity contribution < 1.29 is 29.3 Å². The lowest BCUT2D eigenvalue weighted by Gasteiger charge is -2.30. The Balaban J connectivity index is 0.000000629. The maximum Gasteiger partial charge on any atom is 0.300 e. The molecular weight excluding hydrogens is 462 g/mol. The molecule has 0 radical (unpaired) electrons. The van der Waals surface area contributed by atoms with Crippen LogP contribution in [0.15, 0.2) is 24.5 Å². The zero-order valence-electron chi connectivity index (χ0n) is 20.7. The van der Waals surface area contributed by atoms with E-state index in [0.717, 1.165) is 44.6 Å². The summed E-state index contributed by atoms with van der Waals surface area (Å²) in [5, 5.41) is 19.0. The summed E-state index contributed by atoms with van der Waals surface area (Å²) in [6.07, 6.45) is 6.10. The van der Waals surface area contributed by atoms with Crippen molar-refractivity contribution in [3.05, 3.63) is 29.5 Å². The van der Waals surface area contributed by atoms with Gasteiger partial charge in [-0.1, -0.05) is 11.6 Å². The third kappa shape index (κ3) is 10.0. The van der Waals surface area contributed by atoms with E-state index in [1.54, 1.807) is 0 Å². The number of nitrogens with zero attached hydrogens (tertiary/aromatic N) is 2. The molecule has 1 aliphatic rings. The van der Waals surface area contributed by atoms with E-state index in [4.69, 9.17) is 40.9 Å². The molecule has 2 atom stereocenters. The summed E-state index contributed by atoms with van der Waals surface area (Å²) in [5.74, 6) is 0.587. The monoisotopic (exact) mass is 497 g/mol. The quantitative estimate of drug-likeness (QED) is 0.515. The van der Waals surface area contributed by atoms with E-state index >= 15 is 0 Å². The van der Waals surface area contributed by atoms with Gasteiger partial charge in [0.1, 0.15) is 5.82 Å². The molecule has 1 saturated heterocycles. The van der Waals surface area contributed by atoms with E-state index in [0.29, 0.717) is 35.2 Å². The first-order chi connectivity index (χ1) is 16.0. The maximum absolute atomic E-state index is 9.00. The Morgan fingerprint density at radius 3 is 2.38 bits per heavy atom. The fourth-order valence-electron chi connectivity index (χ4n) is 3.50. The van der Waals surface area contributed by atoms with Crippen LogP contribution in [0.4, 0.5) is 0 Å². The van der Waals surface area contributed by atoms with Crippen molar-refractivity contribution in [2.45, 2.75) is 72.6 Å². The highest BCUT2D eigenvalue weighted by molar-refractivity contribution is 6.33. The highest BCUT2D eigenvalue weighted by Crippen LogP contribution is 2.40. The van der Waals surface area contributed by atoms with Gasteiger partial charge in [0.2, 0.25) is 0 Å². The number of nitrogens with one attached hydrogen (secondary N) is 1. The van der Waals surface area contributed by atoms with E-state index in [2.05, 4.69) is 21.8 Å². The molecule has 190 valence electrons. The van der Waals surface area contributed by atoms with Crippen molar-refractivity contribution in [2.24, 2.45) is 0 Å². The van der Waals surface area contributed by atoms with Crippen LogP contribution in [0.1, 0.15) is 60.4 Å². The van der Waals surface area contributed by atoms with Crippen LogP contribution in [0.25, 0.3) is 11.4 Å². The molecule has 0 bridgehead atoms. The lowest BCUT2D eigenvalue weighted by atomic mass is 10.00. The van der Waals surface area contributed by atoms with Crippen LogP contribution in [0.5, 0.6) is 11.5 Å². The lowest BCUT2D eigenvalue weighted by molar-refractivity contribution is -0.135. The number of imidazole rings is 1. The predicted molar refractivity (Wildman–Crippen MR) is 132 cm³/mol. The fourth-order valence-corrected chi connectivity index (χ4v) is 3.73. The average molecular weight is 498 g/mol. The Hall–Kier alpha value is -2.78. The SMILES string of the molecule is CC(=O)O.CC(=O)O.CCOc1cc(-c2nccn2[C@@H]2CCN[C@@H](C)C2)c(Cl)cc1OC(C)C. The summed E-state index contributed by atoms with van der Waals surface area (Å²) in [5.41, 5.74) is 0.877. The molecule has 3 N–H and O–H groups in total. The van der Waals surface area contributed by atoms with Crippen LogP contribution in [-0.2, 0) is 9.59 Å². The Morgan fingerprint density at radius 2 is 1.85 bits per heavy atom. The van der Waals surface area contributed by atoms with Crippen molar-refractivity contribution in [1.82, 2.24) is 14.9 Å². The van der Waals surface area contributed by atoms with Crippen LogP contribution in [0, 0.1) is 0 Å². The molecule has 0 unspecified atom stereocenters. The van der Waals surface area contributed by atoms with Crippen molar-refractivity contribution in [2.75, 3.05) is 13.2 Å². The Morgan fingerprint density at radius 1 is 1.24 bits per heavy atom.